The Kier molecular flexibility index (Phi) is 4.10. The SMILES string of the molecule is Nc1cnccc1SCC(=O)N1CCc2ccccc2C1. The third-order valence-corrected chi connectivity index (χ3v) is 4.72. The normalized spacial score (nSPS) is 13.8. The summed E-state index contributed by atoms with van der Waals surface area (Å²) < 4.78 is 0. The molecule has 0 radical (unpaired) electrons. The molecule has 1 aromatic heterocycles. The van der Waals surface area contributed by atoms with E-state index >= 15 is 0 Å². The largest absolute Gasteiger partial charge is 0.397 e. The van der Waals surface area contributed by atoms with Gasteiger partial charge in [-0.2, -0.15) is 0 Å². The second-order valence-corrected chi connectivity index (χ2v) is 6.05. The van der Waals surface area contributed by atoms with E-state index in [2.05, 4.69) is 23.2 Å². The van der Waals surface area contributed by atoms with Gasteiger partial charge in [0.25, 0.3) is 0 Å². The fourth-order valence-electron chi connectivity index (χ4n) is 2.46. The lowest BCUT2D eigenvalue weighted by atomic mass is 10.00. The Morgan fingerprint density at radius 2 is 2.10 bits per heavy atom. The summed E-state index contributed by atoms with van der Waals surface area (Å²) in [5.41, 5.74) is 9.07. The Balaban J connectivity index is 1.61. The molecular formula is C16H17N3OS. The predicted octanol–water partition coefficient (Wildman–Crippen LogP) is 2.34. The molecule has 2 heterocycles. The number of carbonyl (C=O) groups excluding carboxylic acids is 1. The molecule has 0 bridgehead atoms. The van der Waals surface area contributed by atoms with Crippen LogP contribution in [0.5, 0.6) is 0 Å². The number of benzene rings is 1. The van der Waals surface area contributed by atoms with E-state index in [4.69, 9.17) is 5.73 Å². The van der Waals surface area contributed by atoms with Gasteiger partial charge in [0.15, 0.2) is 0 Å². The molecule has 108 valence electrons. The van der Waals surface area contributed by atoms with Crippen LogP contribution < -0.4 is 5.73 Å². The number of amides is 1. The maximum atomic E-state index is 12.3. The van der Waals surface area contributed by atoms with Gasteiger partial charge in [0.1, 0.15) is 0 Å². The van der Waals surface area contributed by atoms with Crippen LogP contribution >= 0.6 is 11.8 Å². The first kappa shape index (κ1) is 13.9. The van der Waals surface area contributed by atoms with Crippen molar-refractivity contribution in [3.8, 4) is 0 Å². The number of aromatic nitrogens is 1. The highest BCUT2D eigenvalue weighted by atomic mass is 32.2. The minimum atomic E-state index is 0.158. The lowest BCUT2D eigenvalue weighted by Crippen LogP contribution is -2.37. The average molecular weight is 299 g/mol. The Morgan fingerprint density at radius 3 is 2.90 bits per heavy atom. The van der Waals surface area contributed by atoms with Gasteiger partial charge in [-0.15, -0.1) is 11.8 Å². The number of nitrogens with two attached hydrogens (primary N) is 1. The standard InChI is InChI=1S/C16H17N3OS/c17-14-9-18-7-5-15(14)21-11-16(20)19-8-6-12-3-1-2-4-13(12)10-19/h1-5,7,9H,6,8,10-11,17H2. The average Bonchev–Trinajstić information content (AvgIpc) is 2.53. The number of hydrogen-bond acceptors (Lipinski definition) is 4. The van der Waals surface area contributed by atoms with Crippen LogP contribution in [0.2, 0.25) is 0 Å². The second kappa shape index (κ2) is 6.18. The molecule has 1 aliphatic heterocycles. The number of fused-ring (bicyclic) bond motifs is 1. The molecule has 0 aliphatic carbocycles. The zero-order chi connectivity index (χ0) is 14.7. The van der Waals surface area contributed by atoms with Gasteiger partial charge in [0.05, 0.1) is 17.6 Å². The zero-order valence-electron chi connectivity index (χ0n) is 11.7. The molecule has 0 unspecified atom stereocenters. The molecule has 2 aromatic rings. The zero-order valence-corrected chi connectivity index (χ0v) is 12.5. The fraction of sp³-hybridized carbons (Fsp3) is 0.250. The first-order valence-corrected chi connectivity index (χ1v) is 7.89. The molecule has 1 aromatic carbocycles. The van der Waals surface area contributed by atoms with E-state index < -0.39 is 0 Å². The summed E-state index contributed by atoms with van der Waals surface area (Å²) in [6.45, 7) is 1.50. The molecular weight excluding hydrogens is 282 g/mol. The number of pyridine rings is 1. The second-order valence-electron chi connectivity index (χ2n) is 5.04. The number of hydrogen-bond donors (Lipinski definition) is 1. The van der Waals surface area contributed by atoms with Crippen LogP contribution in [0.1, 0.15) is 11.1 Å². The summed E-state index contributed by atoms with van der Waals surface area (Å²) in [5, 5.41) is 0. The van der Waals surface area contributed by atoms with Gasteiger partial charge in [-0.3, -0.25) is 9.78 Å². The smallest absolute Gasteiger partial charge is 0.233 e. The molecule has 2 N–H and O–H groups in total. The quantitative estimate of drug-likeness (QED) is 0.884. The highest BCUT2D eigenvalue weighted by Gasteiger charge is 2.20. The highest BCUT2D eigenvalue weighted by molar-refractivity contribution is 8.00. The van der Waals surface area contributed by atoms with Crippen LogP contribution in [0.15, 0.2) is 47.6 Å². The summed E-state index contributed by atoms with van der Waals surface area (Å²) >= 11 is 1.47. The number of carbonyl (C=O) groups is 1. The van der Waals surface area contributed by atoms with E-state index in [1.54, 1.807) is 12.4 Å². The molecule has 21 heavy (non-hydrogen) atoms. The molecule has 0 fully saturated rings. The van der Waals surface area contributed by atoms with Crippen molar-refractivity contribution in [2.45, 2.75) is 17.9 Å². The molecule has 1 aliphatic rings. The van der Waals surface area contributed by atoms with E-state index in [9.17, 15) is 4.79 Å². The summed E-state index contributed by atoms with van der Waals surface area (Å²) in [6.07, 6.45) is 4.24. The molecule has 0 saturated heterocycles. The van der Waals surface area contributed by atoms with Gasteiger partial charge in [-0.1, -0.05) is 24.3 Å². The Morgan fingerprint density at radius 1 is 1.29 bits per heavy atom. The van der Waals surface area contributed by atoms with Crippen molar-refractivity contribution < 1.29 is 4.79 Å². The van der Waals surface area contributed by atoms with Crippen LogP contribution in [-0.4, -0.2) is 28.1 Å². The van der Waals surface area contributed by atoms with Crippen molar-refractivity contribution in [3.05, 3.63) is 53.9 Å². The minimum absolute atomic E-state index is 0.158. The van der Waals surface area contributed by atoms with Crippen molar-refractivity contribution in [2.24, 2.45) is 0 Å². The first-order valence-electron chi connectivity index (χ1n) is 6.91. The third-order valence-electron chi connectivity index (χ3n) is 3.64. The summed E-state index contributed by atoms with van der Waals surface area (Å²) in [6, 6.07) is 10.2. The molecule has 1 amide bonds. The van der Waals surface area contributed by atoms with Crippen LogP contribution in [0.25, 0.3) is 0 Å². The molecule has 5 heteroatoms. The maximum Gasteiger partial charge on any atom is 0.233 e. The number of anilines is 1. The van der Waals surface area contributed by atoms with Gasteiger partial charge in [0.2, 0.25) is 5.91 Å². The number of nitrogen functional groups attached to an aromatic ring is 1. The molecule has 0 atom stereocenters. The van der Waals surface area contributed by atoms with Crippen molar-refractivity contribution in [1.29, 1.82) is 0 Å². The third kappa shape index (κ3) is 3.19. The van der Waals surface area contributed by atoms with Gasteiger partial charge in [-0.25, -0.2) is 0 Å². The van der Waals surface area contributed by atoms with E-state index in [0.717, 1.165) is 17.9 Å². The van der Waals surface area contributed by atoms with E-state index in [1.807, 2.05) is 17.0 Å². The monoisotopic (exact) mass is 299 g/mol. The number of nitrogens with zero attached hydrogens (tertiary/aromatic N) is 2. The Hall–Kier alpha value is -2.01. The molecule has 0 spiro atoms. The predicted molar refractivity (Wildman–Crippen MR) is 84.9 cm³/mol. The number of thioether (sulfide) groups is 1. The lowest BCUT2D eigenvalue weighted by Gasteiger charge is -2.28. The van der Waals surface area contributed by atoms with Crippen molar-refractivity contribution in [3.63, 3.8) is 0 Å². The maximum absolute atomic E-state index is 12.3. The summed E-state index contributed by atoms with van der Waals surface area (Å²) in [4.78, 5) is 19.1. The van der Waals surface area contributed by atoms with Crippen LogP contribution in [0, 0.1) is 0 Å². The van der Waals surface area contributed by atoms with Gasteiger partial charge in [-0.05, 0) is 23.6 Å². The van der Waals surface area contributed by atoms with Crippen molar-refractivity contribution >= 4 is 23.4 Å². The van der Waals surface area contributed by atoms with Crippen LogP contribution in [0.3, 0.4) is 0 Å². The lowest BCUT2D eigenvalue weighted by molar-refractivity contribution is -0.129. The van der Waals surface area contributed by atoms with Gasteiger partial charge < -0.3 is 10.6 Å². The van der Waals surface area contributed by atoms with E-state index in [0.29, 0.717) is 18.0 Å². The topological polar surface area (TPSA) is 59.2 Å². The summed E-state index contributed by atoms with van der Waals surface area (Å²) in [5.74, 6) is 0.571. The summed E-state index contributed by atoms with van der Waals surface area (Å²) in [7, 11) is 0. The van der Waals surface area contributed by atoms with Crippen molar-refractivity contribution in [2.75, 3.05) is 18.0 Å². The molecule has 4 nitrogen and oxygen atoms in total. The van der Waals surface area contributed by atoms with Crippen molar-refractivity contribution in [1.82, 2.24) is 9.88 Å². The first-order chi connectivity index (χ1) is 10.2. The fourth-order valence-corrected chi connectivity index (χ4v) is 3.30. The van der Waals surface area contributed by atoms with Crippen LogP contribution in [0.4, 0.5) is 5.69 Å². The number of rotatable bonds is 3. The van der Waals surface area contributed by atoms with E-state index in [-0.39, 0.29) is 5.91 Å². The molecule has 3 rings (SSSR count). The van der Waals surface area contributed by atoms with Crippen LogP contribution in [-0.2, 0) is 17.8 Å². The highest BCUT2D eigenvalue weighted by Crippen LogP contribution is 2.25. The van der Waals surface area contributed by atoms with E-state index in [1.165, 1.54) is 22.9 Å². The molecule has 0 saturated carbocycles. The van der Waals surface area contributed by atoms with Gasteiger partial charge in [0, 0.05) is 24.2 Å². The minimum Gasteiger partial charge on any atom is -0.397 e. The van der Waals surface area contributed by atoms with Gasteiger partial charge >= 0.3 is 0 Å². The Labute approximate surface area is 128 Å². The Bertz CT molecular complexity index is 659.